The Morgan fingerprint density at radius 1 is 1.42 bits per heavy atom. The third kappa shape index (κ3) is 1.47. The summed E-state index contributed by atoms with van der Waals surface area (Å²) in [5, 5.41) is 0. The summed E-state index contributed by atoms with van der Waals surface area (Å²) in [6.45, 7) is 5.06. The predicted molar refractivity (Wildman–Crippen MR) is 90.6 cm³/mol. The Morgan fingerprint density at radius 3 is 3.00 bits per heavy atom. The fourth-order valence-electron chi connectivity index (χ4n) is 6.05. The van der Waals surface area contributed by atoms with Crippen molar-refractivity contribution in [2.75, 3.05) is 20.7 Å². The predicted octanol–water partition coefficient (Wildman–Crippen LogP) is 2.35. The summed E-state index contributed by atoms with van der Waals surface area (Å²) in [4.78, 5) is 15.4. The van der Waals surface area contributed by atoms with E-state index in [1.165, 1.54) is 11.1 Å². The van der Waals surface area contributed by atoms with Gasteiger partial charge in [-0.05, 0) is 49.9 Å². The van der Waals surface area contributed by atoms with Crippen molar-refractivity contribution in [2.24, 2.45) is 11.8 Å². The quantitative estimate of drug-likeness (QED) is 0.783. The average Bonchev–Trinajstić information content (AvgIpc) is 2.94. The number of carbonyl (C=O) groups excluding carboxylic acids is 1. The molecule has 4 nitrogen and oxygen atoms in total. The summed E-state index contributed by atoms with van der Waals surface area (Å²) in [5.74, 6) is 2.45. The van der Waals surface area contributed by atoms with E-state index >= 15 is 0 Å². The van der Waals surface area contributed by atoms with Gasteiger partial charge in [0.2, 0.25) is 0 Å². The zero-order chi connectivity index (χ0) is 16.6. The van der Waals surface area contributed by atoms with Gasteiger partial charge in [-0.25, -0.2) is 0 Å². The fourth-order valence-corrected chi connectivity index (χ4v) is 6.05. The molecule has 1 aromatic carbocycles. The lowest BCUT2D eigenvalue weighted by Gasteiger charge is -2.59. The van der Waals surface area contributed by atoms with E-state index in [-0.39, 0.29) is 23.2 Å². The molecule has 1 aromatic rings. The van der Waals surface area contributed by atoms with Gasteiger partial charge in [-0.2, -0.15) is 0 Å². The van der Waals surface area contributed by atoms with Crippen LogP contribution in [0.15, 0.2) is 24.8 Å². The Morgan fingerprint density at radius 2 is 2.25 bits per heavy atom. The Bertz CT molecular complexity index is 757. The molecule has 24 heavy (non-hydrogen) atoms. The maximum absolute atomic E-state index is 12.9. The van der Waals surface area contributed by atoms with E-state index < -0.39 is 0 Å². The second-order valence-corrected chi connectivity index (χ2v) is 7.77. The Hall–Kier alpha value is -1.81. The minimum Gasteiger partial charge on any atom is -0.493 e. The van der Waals surface area contributed by atoms with Crippen LogP contribution < -0.4 is 9.47 Å². The highest BCUT2D eigenvalue weighted by Crippen LogP contribution is 2.64. The fraction of sp³-hybridized carbons (Fsp3) is 0.550. The summed E-state index contributed by atoms with van der Waals surface area (Å²) in [6.07, 6.45) is 4.20. The van der Waals surface area contributed by atoms with Gasteiger partial charge in [0.1, 0.15) is 0 Å². The van der Waals surface area contributed by atoms with Gasteiger partial charge in [-0.3, -0.25) is 4.79 Å². The molecule has 4 aliphatic rings. The number of methoxy groups -OCH3 is 1. The van der Waals surface area contributed by atoms with Crippen molar-refractivity contribution in [3.63, 3.8) is 0 Å². The standard InChI is InChI=1S/C20H23NO3/c1-4-11-10-14(22)19-20-7-8-21(2)13(16(11)20)9-12-5-6-15(23-3)18(24-19)17(12)20/h4-6,11,13,16,19H,1,7-10H2,2-3H3/t11-,13-,16+,19+,20+/m1/s1. The number of nitrogens with zero attached hydrogens (tertiary/aromatic N) is 1. The van der Waals surface area contributed by atoms with E-state index in [4.69, 9.17) is 9.47 Å². The zero-order valence-electron chi connectivity index (χ0n) is 14.2. The highest BCUT2D eigenvalue weighted by atomic mass is 16.5. The molecule has 0 N–H and O–H groups in total. The number of ether oxygens (including phenoxy) is 2. The first-order chi connectivity index (χ1) is 11.6. The smallest absolute Gasteiger partial charge is 0.174 e. The van der Waals surface area contributed by atoms with Crippen LogP contribution in [0.5, 0.6) is 11.5 Å². The van der Waals surface area contributed by atoms with Crippen LogP contribution in [0.25, 0.3) is 0 Å². The number of ketones is 1. The number of piperidine rings is 1. The highest BCUT2D eigenvalue weighted by Gasteiger charge is 2.67. The lowest BCUT2D eigenvalue weighted by Crippen LogP contribution is -2.67. The van der Waals surface area contributed by atoms with Crippen molar-refractivity contribution >= 4 is 5.78 Å². The van der Waals surface area contributed by atoms with Gasteiger partial charge >= 0.3 is 0 Å². The van der Waals surface area contributed by atoms with E-state index in [2.05, 4.69) is 24.6 Å². The van der Waals surface area contributed by atoms with E-state index in [9.17, 15) is 4.79 Å². The molecule has 4 heteroatoms. The highest BCUT2D eigenvalue weighted by molar-refractivity contribution is 5.89. The molecule has 1 saturated carbocycles. The number of Topliss-reactive ketones (excluding diaryl/α,β-unsaturated/α-hetero) is 1. The number of rotatable bonds is 2. The van der Waals surface area contributed by atoms with Crippen LogP contribution >= 0.6 is 0 Å². The molecule has 2 aliphatic carbocycles. The maximum atomic E-state index is 12.9. The van der Waals surface area contributed by atoms with Crippen LogP contribution in [0.2, 0.25) is 0 Å². The third-order valence-corrected chi connectivity index (χ3v) is 6.97. The Kier molecular flexibility index (Phi) is 2.80. The van der Waals surface area contributed by atoms with Crippen LogP contribution in [-0.2, 0) is 16.6 Å². The molecule has 1 saturated heterocycles. The topological polar surface area (TPSA) is 38.8 Å². The van der Waals surface area contributed by atoms with Gasteiger partial charge in [-0.1, -0.05) is 12.1 Å². The second kappa shape index (κ2) is 4.63. The van der Waals surface area contributed by atoms with Gasteiger partial charge in [0, 0.05) is 23.4 Å². The molecule has 0 amide bonds. The van der Waals surface area contributed by atoms with Crippen LogP contribution in [-0.4, -0.2) is 43.5 Å². The molecule has 0 radical (unpaired) electrons. The molecule has 5 rings (SSSR count). The molecular formula is C20H23NO3. The molecule has 2 heterocycles. The molecular weight excluding hydrogens is 302 g/mol. The third-order valence-electron chi connectivity index (χ3n) is 6.97. The van der Waals surface area contributed by atoms with Crippen molar-refractivity contribution in [3.05, 3.63) is 35.9 Å². The Labute approximate surface area is 142 Å². The molecule has 2 aliphatic heterocycles. The van der Waals surface area contributed by atoms with Crippen molar-refractivity contribution in [1.29, 1.82) is 0 Å². The van der Waals surface area contributed by atoms with Gasteiger partial charge in [-0.15, -0.1) is 6.58 Å². The van der Waals surface area contributed by atoms with Crippen LogP contribution in [0.4, 0.5) is 0 Å². The minimum absolute atomic E-state index is 0.192. The Balaban J connectivity index is 1.82. The molecule has 5 atom stereocenters. The number of benzene rings is 1. The number of hydrogen-bond acceptors (Lipinski definition) is 4. The van der Waals surface area contributed by atoms with E-state index in [0.29, 0.717) is 18.4 Å². The first kappa shape index (κ1) is 14.5. The van der Waals surface area contributed by atoms with Gasteiger partial charge in [0.25, 0.3) is 0 Å². The van der Waals surface area contributed by atoms with Gasteiger partial charge < -0.3 is 14.4 Å². The molecule has 2 fully saturated rings. The lowest BCUT2D eigenvalue weighted by atomic mass is 9.49. The first-order valence-electron chi connectivity index (χ1n) is 8.84. The summed E-state index contributed by atoms with van der Waals surface area (Å²) >= 11 is 0. The number of allylic oxidation sites excluding steroid dienone is 1. The maximum Gasteiger partial charge on any atom is 0.174 e. The first-order valence-corrected chi connectivity index (χ1v) is 8.84. The summed E-state index contributed by atoms with van der Waals surface area (Å²) in [5.41, 5.74) is 2.41. The molecule has 0 aromatic heterocycles. The zero-order valence-corrected chi connectivity index (χ0v) is 14.2. The lowest BCUT2D eigenvalue weighted by molar-refractivity contribution is -0.141. The molecule has 0 unspecified atom stereocenters. The van der Waals surface area contributed by atoms with Crippen molar-refractivity contribution < 1.29 is 14.3 Å². The van der Waals surface area contributed by atoms with Crippen molar-refractivity contribution in [2.45, 2.75) is 36.8 Å². The van der Waals surface area contributed by atoms with Crippen molar-refractivity contribution in [1.82, 2.24) is 4.90 Å². The van der Waals surface area contributed by atoms with E-state index in [0.717, 1.165) is 30.9 Å². The summed E-state index contributed by atoms with van der Waals surface area (Å²) in [7, 11) is 3.89. The van der Waals surface area contributed by atoms with E-state index in [1.807, 2.05) is 12.1 Å². The monoisotopic (exact) mass is 325 g/mol. The average molecular weight is 325 g/mol. The number of likely N-dealkylation sites (tertiary alicyclic amines) is 1. The molecule has 2 bridgehead atoms. The van der Waals surface area contributed by atoms with Crippen molar-refractivity contribution in [3.8, 4) is 11.5 Å². The molecule has 126 valence electrons. The minimum atomic E-state index is -0.347. The summed E-state index contributed by atoms with van der Waals surface area (Å²) < 4.78 is 11.9. The van der Waals surface area contributed by atoms with E-state index in [1.54, 1.807) is 7.11 Å². The van der Waals surface area contributed by atoms with Crippen LogP contribution in [0, 0.1) is 11.8 Å². The van der Waals surface area contributed by atoms with Gasteiger partial charge in [0.05, 0.1) is 7.11 Å². The SMILES string of the molecule is C=C[C@@H]1CC(=O)[C@@H]2Oc3c(OC)ccc4c3[C@@]23CCN(C)[C@H](C4)[C@H]13. The van der Waals surface area contributed by atoms with Crippen LogP contribution in [0.3, 0.4) is 0 Å². The summed E-state index contributed by atoms with van der Waals surface area (Å²) in [6, 6.07) is 4.62. The normalized spacial score (nSPS) is 39.2. The number of hydrogen-bond donors (Lipinski definition) is 0. The number of carbonyl (C=O) groups is 1. The second-order valence-electron chi connectivity index (χ2n) is 7.77. The largest absolute Gasteiger partial charge is 0.493 e. The van der Waals surface area contributed by atoms with Gasteiger partial charge in [0.15, 0.2) is 23.4 Å². The molecule has 1 spiro atoms. The number of likely N-dealkylation sites (N-methyl/N-ethyl adjacent to an activating group) is 1. The van der Waals surface area contributed by atoms with Crippen LogP contribution in [0.1, 0.15) is 24.0 Å².